The standard InChI is InChI=1S/C20H30N4O2/c1-4-21-19(26)16-6-7-17(22-12-16)23-11-5-9-20(13-23)10-8-18(25)24(14-20)15(2)3/h6-7,12,15H,4-5,8-11,13-14H2,1-3H3,(H,21,26)/t20-/m1/s1. The van der Waals surface area contributed by atoms with Crippen molar-refractivity contribution in [1.82, 2.24) is 15.2 Å². The van der Waals surface area contributed by atoms with Gasteiger partial charge in [-0.25, -0.2) is 4.98 Å². The SMILES string of the molecule is CCNC(=O)c1ccc(N2CCC[C@@]3(CCC(=O)N(C(C)C)C3)C2)nc1. The predicted octanol–water partition coefficient (Wildman–Crippen LogP) is 2.45. The number of pyridine rings is 1. The molecule has 0 bridgehead atoms. The molecule has 1 N–H and O–H groups in total. The van der Waals surface area contributed by atoms with E-state index in [9.17, 15) is 9.59 Å². The van der Waals surface area contributed by atoms with E-state index in [-0.39, 0.29) is 23.3 Å². The number of nitrogens with zero attached hydrogens (tertiary/aromatic N) is 3. The summed E-state index contributed by atoms with van der Waals surface area (Å²) < 4.78 is 0. The van der Waals surface area contributed by atoms with Crippen LogP contribution in [0.2, 0.25) is 0 Å². The minimum Gasteiger partial charge on any atom is -0.356 e. The summed E-state index contributed by atoms with van der Waals surface area (Å²) in [5, 5.41) is 2.80. The fourth-order valence-electron chi connectivity index (χ4n) is 4.22. The number of nitrogens with one attached hydrogen (secondary N) is 1. The van der Waals surface area contributed by atoms with E-state index in [2.05, 4.69) is 29.0 Å². The van der Waals surface area contributed by atoms with Gasteiger partial charge in [0.25, 0.3) is 5.91 Å². The van der Waals surface area contributed by atoms with Gasteiger partial charge in [-0.05, 0) is 52.2 Å². The minimum atomic E-state index is -0.0833. The number of carbonyl (C=O) groups excluding carboxylic acids is 2. The van der Waals surface area contributed by atoms with Crippen LogP contribution in [-0.4, -0.2) is 53.9 Å². The molecule has 2 fully saturated rings. The van der Waals surface area contributed by atoms with Crippen molar-refractivity contribution < 1.29 is 9.59 Å². The lowest BCUT2D eigenvalue weighted by atomic mass is 9.73. The van der Waals surface area contributed by atoms with E-state index < -0.39 is 0 Å². The molecule has 3 rings (SSSR count). The van der Waals surface area contributed by atoms with Crippen LogP contribution < -0.4 is 10.2 Å². The number of piperidine rings is 2. The van der Waals surface area contributed by atoms with E-state index >= 15 is 0 Å². The van der Waals surface area contributed by atoms with Crippen LogP contribution in [0.3, 0.4) is 0 Å². The quantitative estimate of drug-likeness (QED) is 0.898. The van der Waals surface area contributed by atoms with E-state index in [0.717, 1.165) is 44.7 Å². The third-order valence-corrected chi connectivity index (χ3v) is 5.65. The van der Waals surface area contributed by atoms with Crippen LogP contribution in [0.4, 0.5) is 5.82 Å². The van der Waals surface area contributed by atoms with E-state index in [1.807, 2.05) is 24.0 Å². The fourth-order valence-corrected chi connectivity index (χ4v) is 4.22. The Labute approximate surface area is 156 Å². The fraction of sp³-hybridized carbons (Fsp3) is 0.650. The van der Waals surface area contributed by atoms with E-state index in [4.69, 9.17) is 0 Å². The molecule has 142 valence electrons. The molecule has 1 aromatic heterocycles. The normalized spacial score (nSPS) is 23.6. The van der Waals surface area contributed by atoms with Gasteiger partial charge in [0.1, 0.15) is 5.82 Å². The molecule has 2 aliphatic heterocycles. The van der Waals surface area contributed by atoms with Crippen LogP contribution in [0.5, 0.6) is 0 Å². The zero-order valence-corrected chi connectivity index (χ0v) is 16.1. The van der Waals surface area contributed by atoms with Gasteiger partial charge in [-0.2, -0.15) is 0 Å². The van der Waals surface area contributed by atoms with Gasteiger partial charge in [-0.3, -0.25) is 9.59 Å². The number of likely N-dealkylation sites (tertiary alicyclic amines) is 1. The highest BCUT2D eigenvalue weighted by atomic mass is 16.2. The molecule has 26 heavy (non-hydrogen) atoms. The lowest BCUT2D eigenvalue weighted by Gasteiger charge is -2.49. The molecular formula is C20H30N4O2. The summed E-state index contributed by atoms with van der Waals surface area (Å²) in [5.41, 5.74) is 0.757. The lowest BCUT2D eigenvalue weighted by molar-refractivity contribution is -0.140. The van der Waals surface area contributed by atoms with Crippen molar-refractivity contribution in [2.45, 2.75) is 52.5 Å². The van der Waals surface area contributed by atoms with Gasteiger partial charge in [0.2, 0.25) is 5.91 Å². The second-order valence-corrected chi connectivity index (χ2v) is 7.91. The number of hydrogen-bond acceptors (Lipinski definition) is 4. The van der Waals surface area contributed by atoms with E-state index in [1.165, 1.54) is 0 Å². The third kappa shape index (κ3) is 3.84. The zero-order chi connectivity index (χ0) is 18.7. The Morgan fingerprint density at radius 3 is 2.77 bits per heavy atom. The molecular weight excluding hydrogens is 328 g/mol. The Morgan fingerprint density at radius 2 is 2.12 bits per heavy atom. The molecule has 0 radical (unpaired) electrons. The maximum atomic E-state index is 12.2. The first-order chi connectivity index (χ1) is 12.4. The molecule has 1 aromatic rings. The molecule has 0 aliphatic carbocycles. The molecule has 1 atom stereocenters. The van der Waals surface area contributed by atoms with Crippen molar-refractivity contribution in [3.8, 4) is 0 Å². The van der Waals surface area contributed by atoms with Gasteiger partial charge in [-0.15, -0.1) is 0 Å². The predicted molar refractivity (Wildman–Crippen MR) is 102 cm³/mol. The van der Waals surface area contributed by atoms with Crippen molar-refractivity contribution >= 4 is 17.6 Å². The molecule has 0 aromatic carbocycles. The van der Waals surface area contributed by atoms with Crippen LogP contribution in [0, 0.1) is 5.41 Å². The highest BCUT2D eigenvalue weighted by Gasteiger charge is 2.42. The highest BCUT2D eigenvalue weighted by molar-refractivity contribution is 5.94. The average Bonchev–Trinajstić information content (AvgIpc) is 2.64. The van der Waals surface area contributed by atoms with Gasteiger partial charge in [0, 0.05) is 50.3 Å². The Bertz CT molecular complexity index is 658. The Morgan fingerprint density at radius 1 is 1.31 bits per heavy atom. The number of anilines is 1. The van der Waals surface area contributed by atoms with Crippen molar-refractivity contribution in [3.05, 3.63) is 23.9 Å². The van der Waals surface area contributed by atoms with Gasteiger partial charge in [-0.1, -0.05) is 0 Å². The lowest BCUT2D eigenvalue weighted by Crippen LogP contribution is -2.55. The van der Waals surface area contributed by atoms with Crippen molar-refractivity contribution in [2.75, 3.05) is 31.1 Å². The summed E-state index contributed by atoms with van der Waals surface area (Å²) in [4.78, 5) is 33.0. The molecule has 0 saturated carbocycles. The molecule has 0 unspecified atom stereocenters. The van der Waals surface area contributed by atoms with Gasteiger partial charge < -0.3 is 15.1 Å². The largest absolute Gasteiger partial charge is 0.356 e. The maximum absolute atomic E-state index is 12.2. The highest BCUT2D eigenvalue weighted by Crippen LogP contribution is 2.40. The summed E-state index contributed by atoms with van der Waals surface area (Å²) in [6, 6.07) is 4.04. The molecule has 3 heterocycles. The van der Waals surface area contributed by atoms with Crippen LogP contribution in [0.25, 0.3) is 0 Å². The summed E-state index contributed by atoms with van der Waals surface area (Å²) in [6.07, 6.45) is 5.54. The summed E-state index contributed by atoms with van der Waals surface area (Å²) in [7, 11) is 0. The molecule has 2 saturated heterocycles. The van der Waals surface area contributed by atoms with Crippen LogP contribution in [0.15, 0.2) is 18.3 Å². The third-order valence-electron chi connectivity index (χ3n) is 5.65. The first-order valence-corrected chi connectivity index (χ1v) is 9.73. The zero-order valence-electron chi connectivity index (χ0n) is 16.1. The number of hydrogen-bond donors (Lipinski definition) is 1. The van der Waals surface area contributed by atoms with Crippen LogP contribution >= 0.6 is 0 Å². The van der Waals surface area contributed by atoms with Crippen molar-refractivity contribution in [1.29, 1.82) is 0 Å². The minimum absolute atomic E-state index is 0.0833. The molecule has 1 spiro atoms. The van der Waals surface area contributed by atoms with Crippen LogP contribution in [-0.2, 0) is 4.79 Å². The molecule has 2 aliphatic rings. The number of carbonyl (C=O) groups is 2. The number of rotatable bonds is 4. The first kappa shape index (κ1) is 18.7. The molecule has 6 heteroatoms. The monoisotopic (exact) mass is 358 g/mol. The second-order valence-electron chi connectivity index (χ2n) is 7.91. The molecule has 6 nitrogen and oxygen atoms in total. The van der Waals surface area contributed by atoms with E-state index in [1.54, 1.807) is 6.20 Å². The number of aromatic nitrogens is 1. The van der Waals surface area contributed by atoms with Gasteiger partial charge in [0.05, 0.1) is 5.56 Å². The van der Waals surface area contributed by atoms with E-state index in [0.29, 0.717) is 18.5 Å². The topological polar surface area (TPSA) is 65.5 Å². The van der Waals surface area contributed by atoms with Gasteiger partial charge in [0.15, 0.2) is 0 Å². The molecule has 2 amide bonds. The van der Waals surface area contributed by atoms with Crippen LogP contribution in [0.1, 0.15) is 56.8 Å². The Kier molecular flexibility index (Phi) is 5.49. The average molecular weight is 358 g/mol. The van der Waals surface area contributed by atoms with Gasteiger partial charge >= 0.3 is 0 Å². The van der Waals surface area contributed by atoms with Crippen molar-refractivity contribution in [3.63, 3.8) is 0 Å². The summed E-state index contributed by atoms with van der Waals surface area (Å²) in [5.74, 6) is 1.12. The first-order valence-electron chi connectivity index (χ1n) is 9.73. The summed E-state index contributed by atoms with van der Waals surface area (Å²) >= 11 is 0. The smallest absolute Gasteiger partial charge is 0.252 e. The Hall–Kier alpha value is -2.11. The number of amides is 2. The van der Waals surface area contributed by atoms with Crippen molar-refractivity contribution in [2.24, 2.45) is 5.41 Å². The summed E-state index contributed by atoms with van der Waals surface area (Å²) in [6.45, 7) is 9.46. The second kappa shape index (κ2) is 7.64. The maximum Gasteiger partial charge on any atom is 0.252 e. The Balaban J connectivity index is 1.72.